The summed E-state index contributed by atoms with van der Waals surface area (Å²) >= 11 is 1.40. The van der Waals surface area contributed by atoms with Gasteiger partial charge in [-0.3, -0.25) is 0 Å². The van der Waals surface area contributed by atoms with Crippen LogP contribution >= 0.6 is 11.8 Å². The van der Waals surface area contributed by atoms with Gasteiger partial charge in [0.25, 0.3) is 0 Å². The molecule has 0 unspecified atom stereocenters. The molecule has 0 spiro atoms. The van der Waals surface area contributed by atoms with Crippen LogP contribution in [0, 0.1) is 11.3 Å². The molecule has 2 heterocycles. The zero-order valence-electron chi connectivity index (χ0n) is 11.2. The lowest BCUT2D eigenvalue weighted by atomic mass is 10.2. The third-order valence-electron chi connectivity index (χ3n) is 3.01. The number of nitrogens with zero attached hydrogens (tertiary/aromatic N) is 2. The lowest BCUT2D eigenvalue weighted by Crippen LogP contribution is -1.97. The van der Waals surface area contributed by atoms with Gasteiger partial charge >= 0.3 is 0 Å². The number of anilines is 1. The molecule has 0 aliphatic carbocycles. The van der Waals surface area contributed by atoms with Crippen molar-refractivity contribution in [2.45, 2.75) is 16.3 Å². The van der Waals surface area contributed by atoms with E-state index in [4.69, 9.17) is 20.5 Å². The van der Waals surface area contributed by atoms with Gasteiger partial charge in [-0.05, 0) is 24.3 Å². The van der Waals surface area contributed by atoms with Gasteiger partial charge in [-0.2, -0.15) is 5.26 Å². The average molecular weight is 299 g/mol. The van der Waals surface area contributed by atoms with Crippen molar-refractivity contribution in [3.63, 3.8) is 0 Å². The largest absolute Gasteiger partial charge is 0.490 e. The topological polar surface area (TPSA) is 81.2 Å². The Hall–Kier alpha value is -2.39. The molecule has 0 fully saturated rings. The van der Waals surface area contributed by atoms with Crippen LogP contribution < -0.4 is 15.2 Å². The molecule has 1 aliphatic heterocycles. The molecule has 106 valence electrons. The second-order valence-corrected chi connectivity index (χ2v) is 5.51. The number of nitrogens with two attached hydrogens (primary N) is 1. The third kappa shape index (κ3) is 2.88. The number of aromatic nitrogens is 1. The van der Waals surface area contributed by atoms with Gasteiger partial charge < -0.3 is 15.2 Å². The van der Waals surface area contributed by atoms with Crippen LogP contribution in [0.5, 0.6) is 11.5 Å². The summed E-state index contributed by atoms with van der Waals surface area (Å²) in [5, 5.41) is 9.61. The highest BCUT2D eigenvalue weighted by molar-refractivity contribution is 7.99. The van der Waals surface area contributed by atoms with Crippen molar-refractivity contribution in [3.8, 4) is 17.6 Å². The number of fused-ring (bicyclic) bond motifs is 1. The van der Waals surface area contributed by atoms with Gasteiger partial charge in [0.2, 0.25) is 0 Å². The summed E-state index contributed by atoms with van der Waals surface area (Å²) < 4.78 is 11.3. The number of hydrogen-bond acceptors (Lipinski definition) is 6. The Labute approximate surface area is 126 Å². The number of hydrogen-bond donors (Lipinski definition) is 1. The first-order chi connectivity index (χ1) is 10.3. The minimum Gasteiger partial charge on any atom is -0.490 e. The van der Waals surface area contributed by atoms with Crippen molar-refractivity contribution in [2.75, 3.05) is 18.9 Å². The molecule has 5 nitrogen and oxygen atoms in total. The summed E-state index contributed by atoms with van der Waals surface area (Å²) in [4.78, 5) is 5.17. The first kappa shape index (κ1) is 13.6. The van der Waals surface area contributed by atoms with Crippen LogP contribution in [-0.4, -0.2) is 18.2 Å². The maximum Gasteiger partial charge on any atom is 0.162 e. The Morgan fingerprint density at radius 2 is 2.00 bits per heavy atom. The standard InChI is InChI=1S/C15H13N3O2S/c16-9-10-4-5-18-15(14(10)17)21-11-2-3-12-13(8-11)20-7-1-6-19-12/h2-5,8H,1,6-7,17H2. The summed E-state index contributed by atoms with van der Waals surface area (Å²) in [5.74, 6) is 1.48. The zero-order valence-corrected chi connectivity index (χ0v) is 12.0. The van der Waals surface area contributed by atoms with Gasteiger partial charge in [0.15, 0.2) is 11.5 Å². The van der Waals surface area contributed by atoms with E-state index in [1.54, 1.807) is 12.3 Å². The minimum atomic E-state index is 0.400. The minimum absolute atomic E-state index is 0.400. The van der Waals surface area contributed by atoms with Gasteiger partial charge in [-0.15, -0.1) is 0 Å². The molecule has 0 radical (unpaired) electrons. The van der Waals surface area contributed by atoms with E-state index in [0.29, 0.717) is 29.5 Å². The predicted octanol–water partition coefficient (Wildman–Crippen LogP) is 2.85. The van der Waals surface area contributed by atoms with E-state index < -0.39 is 0 Å². The summed E-state index contributed by atoms with van der Waals surface area (Å²) in [6, 6.07) is 9.38. The van der Waals surface area contributed by atoms with E-state index in [-0.39, 0.29) is 0 Å². The molecule has 21 heavy (non-hydrogen) atoms. The molecule has 6 heteroatoms. The van der Waals surface area contributed by atoms with E-state index >= 15 is 0 Å². The molecule has 0 atom stereocenters. The van der Waals surface area contributed by atoms with Gasteiger partial charge in [0.05, 0.1) is 24.5 Å². The van der Waals surface area contributed by atoms with Crippen LogP contribution in [0.15, 0.2) is 40.4 Å². The number of benzene rings is 1. The highest BCUT2D eigenvalue weighted by Crippen LogP contribution is 2.37. The Balaban J connectivity index is 1.89. The predicted molar refractivity (Wildman–Crippen MR) is 79.5 cm³/mol. The lowest BCUT2D eigenvalue weighted by molar-refractivity contribution is 0.297. The maximum absolute atomic E-state index is 8.99. The third-order valence-corrected chi connectivity index (χ3v) is 4.02. The normalized spacial score (nSPS) is 13.3. The Kier molecular flexibility index (Phi) is 3.84. The second kappa shape index (κ2) is 5.94. The van der Waals surface area contributed by atoms with Crippen LogP contribution in [0.25, 0.3) is 0 Å². The van der Waals surface area contributed by atoms with Crippen molar-refractivity contribution < 1.29 is 9.47 Å². The Morgan fingerprint density at radius 3 is 2.81 bits per heavy atom. The monoisotopic (exact) mass is 299 g/mol. The lowest BCUT2D eigenvalue weighted by Gasteiger charge is -2.10. The molecule has 1 aliphatic rings. The van der Waals surface area contributed by atoms with Gasteiger partial charge in [0, 0.05) is 17.5 Å². The van der Waals surface area contributed by atoms with Crippen molar-refractivity contribution in [2.24, 2.45) is 0 Å². The molecule has 1 aromatic carbocycles. The Morgan fingerprint density at radius 1 is 1.19 bits per heavy atom. The molecule has 0 bridgehead atoms. The number of rotatable bonds is 2. The van der Waals surface area contributed by atoms with E-state index in [1.807, 2.05) is 18.2 Å². The van der Waals surface area contributed by atoms with Crippen LogP contribution in [-0.2, 0) is 0 Å². The molecule has 2 aromatic rings. The average Bonchev–Trinajstić information content (AvgIpc) is 2.74. The number of ether oxygens (including phenoxy) is 2. The number of nitrogen functional groups attached to an aromatic ring is 1. The molecule has 0 amide bonds. The van der Waals surface area contributed by atoms with Gasteiger partial charge in [-0.1, -0.05) is 11.8 Å². The second-order valence-electron chi connectivity index (χ2n) is 4.45. The van der Waals surface area contributed by atoms with E-state index in [9.17, 15) is 0 Å². The summed E-state index contributed by atoms with van der Waals surface area (Å²) in [7, 11) is 0. The van der Waals surface area contributed by atoms with Crippen molar-refractivity contribution in [1.82, 2.24) is 4.98 Å². The van der Waals surface area contributed by atoms with Crippen LogP contribution in [0.4, 0.5) is 5.69 Å². The maximum atomic E-state index is 8.99. The first-order valence-electron chi connectivity index (χ1n) is 6.50. The zero-order chi connectivity index (χ0) is 14.7. The molecular formula is C15H13N3O2S. The fourth-order valence-electron chi connectivity index (χ4n) is 1.95. The Bertz CT molecular complexity index is 713. The molecule has 0 saturated carbocycles. The molecular weight excluding hydrogens is 286 g/mol. The van der Waals surface area contributed by atoms with Gasteiger partial charge in [0.1, 0.15) is 11.1 Å². The summed E-state index contributed by atoms with van der Waals surface area (Å²) in [5.41, 5.74) is 6.78. The fraction of sp³-hybridized carbons (Fsp3) is 0.200. The number of pyridine rings is 1. The van der Waals surface area contributed by atoms with Gasteiger partial charge in [-0.25, -0.2) is 4.98 Å². The van der Waals surface area contributed by atoms with Crippen molar-refractivity contribution in [1.29, 1.82) is 5.26 Å². The molecule has 2 N–H and O–H groups in total. The number of nitriles is 1. The summed E-state index contributed by atoms with van der Waals surface area (Å²) in [6.45, 7) is 1.31. The molecule has 3 rings (SSSR count). The van der Waals surface area contributed by atoms with Crippen LogP contribution in [0.2, 0.25) is 0 Å². The van der Waals surface area contributed by atoms with Crippen LogP contribution in [0.3, 0.4) is 0 Å². The van der Waals surface area contributed by atoms with E-state index in [2.05, 4.69) is 11.1 Å². The fourth-order valence-corrected chi connectivity index (χ4v) is 2.81. The SMILES string of the molecule is N#Cc1ccnc(Sc2ccc3c(c2)OCCCO3)c1N. The quantitative estimate of drug-likeness (QED) is 0.918. The highest BCUT2D eigenvalue weighted by atomic mass is 32.2. The van der Waals surface area contributed by atoms with Crippen molar-refractivity contribution in [3.05, 3.63) is 36.0 Å². The highest BCUT2D eigenvalue weighted by Gasteiger charge is 2.13. The first-order valence-corrected chi connectivity index (χ1v) is 7.31. The van der Waals surface area contributed by atoms with Crippen LogP contribution in [0.1, 0.15) is 12.0 Å². The smallest absolute Gasteiger partial charge is 0.162 e. The van der Waals surface area contributed by atoms with E-state index in [1.165, 1.54) is 11.8 Å². The van der Waals surface area contributed by atoms with Crippen molar-refractivity contribution >= 4 is 17.4 Å². The molecule has 0 saturated heterocycles. The van der Waals surface area contributed by atoms with E-state index in [0.717, 1.165) is 22.8 Å². The summed E-state index contributed by atoms with van der Waals surface area (Å²) in [6.07, 6.45) is 2.45. The molecule has 1 aromatic heterocycles.